The van der Waals surface area contributed by atoms with Gasteiger partial charge in [-0.2, -0.15) is 0 Å². The smallest absolute Gasteiger partial charge is 0.213 e. The Morgan fingerprint density at radius 3 is 2.83 bits per heavy atom. The molecule has 0 aromatic carbocycles. The molecule has 4 heteroatoms. The van der Waals surface area contributed by atoms with E-state index in [1.54, 1.807) is 6.20 Å². The molecule has 0 saturated carbocycles. The first kappa shape index (κ1) is 14.9. The molecular formula is C14H24N2O2. The zero-order valence-corrected chi connectivity index (χ0v) is 11.6. The lowest BCUT2D eigenvalue weighted by Crippen LogP contribution is -2.18. The van der Waals surface area contributed by atoms with Gasteiger partial charge in [0.25, 0.3) is 0 Å². The molecule has 1 unspecified atom stereocenters. The van der Waals surface area contributed by atoms with Crippen molar-refractivity contribution in [2.45, 2.75) is 33.2 Å². The van der Waals surface area contributed by atoms with Crippen molar-refractivity contribution in [1.29, 1.82) is 0 Å². The Kier molecular flexibility index (Phi) is 7.37. The molecule has 102 valence electrons. The average Bonchev–Trinajstić information content (AvgIpc) is 2.39. The number of nitrogens with zero attached hydrogens (tertiary/aromatic N) is 1. The van der Waals surface area contributed by atoms with Crippen molar-refractivity contribution in [2.24, 2.45) is 0 Å². The van der Waals surface area contributed by atoms with Gasteiger partial charge in [-0.15, -0.1) is 0 Å². The van der Waals surface area contributed by atoms with Crippen molar-refractivity contribution in [3.8, 4) is 5.88 Å². The highest BCUT2D eigenvalue weighted by atomic mass is 16.5. The number of nitrogens with one attached hydrogen (secondary N) is 1. The molecule has 4 nitrogen and oxygen atoms in total. The third-order valence-corrected chi connectivity index (χ3v) is 2.60. The van der Waals surface area contributed by atoms with Crippen molar-refractivity contribution in [3.05, 3.63) is 23.9 Å². The van der Waals surface area contributed by atoms with Gasteiger partial charge in [0.15, 0.2) is 0 Å². The van der Waals surface area contributed by atoms with Crippen molar-refractivity contribution < 1.29 is 9.47 Å². The summed E-state index contributed by atoms with van der Waals surface area (Å²) in [6.45, 7) is 9.22. The van der Waals surface area contributed by atoms with E-state index in [1.807, 2.05) is 12.1 Å². The van der Waals surface area contributed by atoms with Crippen LogP contribution in [0.4, 0.5) is 0 Å². The molecule has 0 aliphatic heterocycles. The first-order valence-electron chi connectivity index (χ1n) is 6.67. The lowest BCUT2D eigenvalue weighted by molar-refractivity contribution is 0.0990. The second kappa shape index (κ2) is 8.89. The molecule has 1 aromatic heterocycles. The van der Waals surface area contributed by atoms with Crippen LogP contribution in [0.3, 0.4) is 0 Å². The Bertz CT molecular complexity index is 331. The normalized spacial score (nSPS) is 12.4. The summed E-state index contributed by atoms with van der Waals surface area (Å²) in [4.78, 5) is 4.19. The van der Waals surface area contributed by atoms with Gasteiger partial charge in [0.05, 0.1) is 6.61 Å². The molecule has 0 bridgehead atoms. The van der Waals surface area contributed by atoms with Crippen molar-refractivity contribution >= 4 is 0 Å². The number of rotatable bonds is 9. The van der Waals surface area contributed by atoms with Gasteiger partial charge in [-0.25, -0.2) is 4.98 Å². The van der Waals surface area contributed by atoms with E-state index >= 15 is 0 Å². The van der Waals surface area contributed by atoms with Crippen molar-refractivity contribution in [3.63, 3.8) is 0 Å². The maximum absolute atomic E-state index is 5.56. The van der Waals surface area contributed by atoms with Gasteiger partial charge in [0, 0.05) is 24.9 Å². The van der Waals surface area contributed by atoms with Gasteiger partial charge in [0.1, 0.15) is 6.61 Å². The lowest BCUT2D eigenvalue weighted by Gasteiger charge is -2.13. The van der Waals surface area contributed by atoms with Gasteiger partial charge in [-0.05, 0) is 31.5 Å². The van der Waals surface area contributed by atoms with E-state index in [9.17, 15) is 0 Å². The molecule has 0 fully saturated rings. The monoisotopic (exact) mass is 252 g/mol. The van der Waals surface area contributed by atoms with Crippen LogP contribution in [-0.4, -0.2) is 31.3 Å². The van der Waals surface area contributed by atoms with E-state index in [2.05, 4.69) is 31.1 Å². The quantitative estimate of drug-likeness (QED) is 0.686. The number of aromatic nitrogens is 1. The summed E-state index contributed by atoms with van der Waals surface area (Å²) < 4.78 is 10.9. The summed E-state index contributed by atoms with van der Waals surface area (Å²) in [6.07, 6.45) is 2.82. The first-order chi connectivity index (χ1) is 8.77. The van der Waals surface area contributed by atoms with E-state index in [-0.39, 0.29) is 0 Å². The lowest BCUT2D eigenvalue weighted by atomic mass is 10.1. The maximum atomic E-state index is 5.56. The van der Waals surface area contributed by atoms with E-state index < -0.39 is 0 Å². The van der Waals surface area contributed by atoms with Crippen molar-refractivity contribution in [1.82, 2.24) is 10.3 Å². The zero-order chi connectivity index (χ0) is 13.2. The molecule has 18 heavy (non-hydrogen) atoms. The molecule has 0 amide bonds. The summed E-state index contributed by atoms with van der Waals surface area (Å²) in [7, 11) is 0. The first-order valence-corrected chi connectivity index (χ1v) is 6.67. The Morgan fingerprint density at radius 2 is 2.11 bits per heavy atom. The summed E-state index contributed by atoms with van der Waals surface area (Å²) in [6, 6.07) is 4.30. The second-order valence-electron chi connectivity index (χ2n) is 4.17. The highest BCUT2D eigenvalue weighted by molar-refractivity contribution is 5.23. The zero-order valence-electron chi connectivity index (χ0n) is 11.6. The Morgan fingerprint density at radius 1 is 1.28 bits per heavy atom. The van der Waals surface area contributed by atoms with Crippen molar-refractivity contribution in [2.75, 3.05) is 26.4 Å². The third kappa shape index (κ3) is 5.47. The molecule has 1 aromatic rings. The maximum Gasteiger partial charge on any atom is 0.213 e. The standard InChI is InChI=1S/C14H24N2O2/c1-4-8-17-9-10-18-14-11-13(6-7-16-14)12(3)15-5-2/h6-7,11-12,15H,4-5,8-10H2,1-3H3. The number of hydrogen-bond donors (Lipinski definition) is 1. The fourth-order valence-electron chi connectivity index (χ4n) is 1.65. The van der Waals surface area contributed by atoms with Crippen LogP contribution in [-0.2, 0) is 4.74 Å². The minimum absolute atomic E-state index is 0.316. The van der Waals surface area contributed by atoms with Crippen LogP contribution in [0.1, 0.15) is 38.8 Å². The number of pyridine rings is 1. The van der Waals surface area contributed by atoms with Gasteiger partial charge in [0.2, 0.25) is 5.88 Å². The third-order valence-electron chi connectivity index (χ3n) is 2.60. The molecule has 1 heterocycles. The van der Waals surface area contributed by atoms with Crippen LogP contribution in [0, 0.1) is 0 Å². The Balaban J connectivity index is 2.39. The summed E-state index contributed by atoms with van der Waals surface area (Å²) in [5.74, 6) is 0.664. The summed E-state index contributed by atoms with van der Waals surface area (Å²) in [5, 5.41) is 3.36. The summed E-state index contributed by atoms with van der Waals surface area (Å²) in [5.41, 5.74) is 1.19. The van der Waals surface area contributed by atoms with E-state index in [0.29, 0.717) is 25.1 Å². The van der Waals surface area contributed by atoms with E-state index in [1.165, 1.54) is 5.56 Å². The van der Waals surface area contributed by atoms with Crippen LogP contribution >= 0.6 is 0 Å². The minimum atomic E-state index is 0.316. The molecule has 0 spiro atoms. The molecule has 1 rings (SSSR count). The second-order valence-corrected chi connectivity index (χ2v) is 4.17. The van der Waals surface area contributed by atoms with Crippen LogP contribution in [0.15, 0.2) is 18.3 Å². The predicted octanol–water partition coefficient (Wildman–Crippen LogP) is 2.56. The van der Waals surface area contributed by atoms with Crippen LogP contribution in [0.5, 0.6) is 5.88 Å². The highest BCUT2D eigenvalue weighted by Crippen LogP contribution is 2.16. The van der Waals surface area contributed by atoms with Crippen LogP contribution < -0.4 is 10.1 Å². The van der Waals surface area contributed by atoms with Crippen LogP contribution in [0.25, 0.3) is 0 Å². The fourth-order valence-corrected chi connectivity index (χ4v) is 1.65. The largest absolute Gasteiger partial charge is 0.475 e. The molecule has 0 aliphatic carbocycles. The Hall–Kier alpha value is -1.13. The molecule has 1 N–H and O–H groups in total. The van der Waals surface area contributed by atoms with E-state index in [0.717, 1.165) is 19.6 Å². The Labute approximate surface area is 110 Å². The van der Waals surface area contributed by atoms with Gasteiger partial charge >= 0.3 is 0 Å². The topological polar surface area (TPSA) is 43.4 Å². The molecular weight excluding hydrogens is 228 g/mol. The van der Waals surface area contributed by atoms with Gasteiger partial charge < -0.3 is 14.8 Å². The highest BCUT2D eigenvalue weighted by Gasteiger charge is 2.05. The molecule has 0 aliphatic rings. The van der Waals surface area contributed by atoms with E-state index in [4.69, 9.17) is 9.47 Å². The molecule has 0 saturated heterocycles. The predicted molar refractivity (Wildman–Crippen MR) is 72.9 cm³/mol. The van der Waals surface area contributed by atoms with Crippen LogP contribution in [0.2, 0.25) is 0 Å². The SMILES string of the molecule is CCCOCCOc1cc(C(C)NCC)ccn1. The summed E-state index contributed by atoms with van der Waals surface area (Å²) >= 11 is 0. The molecule has 1 atom stereocenters. The number of ether oxygens (including phenoxy) is 2. The average molecular weight is 252 g/mol. The molecule has 0 radical (unpaired) electrons. The van der Waals surface area contributed by atoms with Gasteiger partial charge in [-0.1, -0.05) is 13.8 Å². The van der Waals surface area contributed by atoms with Gasteiger partial charge in [-0.3, -0.25) is 0 Å². The number of hydrogen-bond acceptors (Lipinski definition) is 4. The fraction of sp³-hybridized carbons (Fsp3) is 0.643. The minimum Gasteiger partial charge on any atom is -0.475 e.